The summed E-state index contributed by atoms with van der Waals surface area (Å²) in [4.78, 5) is 11.3. The van der Waals surface area contributed by atoms with Crippen LogP contribution in [0.1, 0.15) is 11.0 Å². The first-order valence-corrected chi connectivity index (χ1v) is 3.78. The smallest absolute Gasteiger partial charge is 0.154 e. The summed E-state index contributed by atoms with van der Waals surface area (Å²) in [6, 6.07) is 3.78. The Morgan fingerprint density at radius 3 is 3.00 bits per heavy atom. The molecule has 1 aromatic heterocycles. The van der Waals surface area contributed by atoms with Crippen LogP contribution < -0.4 is 0 Å². The monoisotopic (exact) mass is 156 g/mol. The van der Waals surface area contributed by atoms with Gasteiger partial charge in [0.25, 0.3) is 0 Å². The maximum absolute atomic E-state index is 10.3. The van der Waals surface area contributed by atoms with Crippen molar-refractivity contribution in [2.75, 3.05) is 7.11 Å². The zero-order chi connectivity index (χ0) is 7.40. The molecule has 1 heterocycles. The minimum atomic E-state index is -0.375. The normalized spacial score (nSPS) is 12.9. The standard InChI is InChI=1S/C7H8O2S/c1-9-6(5-8)7-3-2-4-10-7/h2-6H,1H3. The molecule has 0 saturated heterocycles. The SMILES string of the molecule is COC(C=O)c1cccs1. The topological polar surface area (TPSA) is 26.3 Å². The van der Waals surface area contributed by atoms with E-state index in [-0.39, 0.29) is 6.10 Å². The summed E-state index contributed by atoms with van der Waals surface area (Å²) in [5, 5.41) is 1.92. The molecular weight excluding hydrogens is 148 g/mol. The van der Waals surface area contributed by atoms with Gasteiger partial charge in [0.1, 0.15) is 6.10 Å². The van der Waals surface area contributed by atoms with Gasteiger partial charge in [-0.1, -0.05) is 6.07 Å². The third-order valence-corrected chi connectivity index (χ3v) is 2.13. The Morgan fingerprint density at radius 1 is 1.80 bits per heavy atom. The van der Waals surface area contributed by atoms with Crippen LogP contribution >= 0.6 is 11.3 Å². The molecule has 1 rings (SSSR count). The van der Waals surface area contributed by atoms with E-state index in [2.05, 4.69) is 0 Å². The highest BCUT2D eigenvalue weighted by Gasteiger charge is 2.07. The lowest BCUT2D eigenvalue weighted by Crippen LogP contribution is -1.98. The van der Waals surface area contributed by atoms with Crippen LogP contribution in [0.3, 0.4) is 0 Å². The molecule has 0 N–H and O–H groups in total. The summed E-state index contributed by atoms with van der Waals surface area (Å²) in [6.45, 7) is 0. The van der Waals surface area contributed by atoms with E-state index >= 15 is 0 Å². The molecule has 0 amide bonds. The molecule has 0 aliphatic carbocycles. The predicted molar refractivity (Wildman–Crippen MR) is 40.1 cm³/mol. The van der Waals surface area contributed by atoms with E-state index < -0.39 is 0 Å². The second-order valence-electron chi connectivity index (χ2n) is 1.81. The van der Waals surface area contributed by atoms with Crippen LogP contribution in [0.15, 0.2) is 17.5 Å². The highest BCUT2D eigenvalue weighted by Crippen LogP contribution is 2.19. The number of methoxy groups -OCH3 is 1. The molecule has 54 valence electrons. The Balaban J connectivity index is 2.73. The fourth-order valence-electron chi connectivity index (χ4n) is 0.692. The van der Waals surface area contributed by atoms with Gasteiger partial charge in [-0.15, -0.1) is 11.3 Å². The van der Waals surface area contributed by atoms with E-state index in [1.807, 2.05) is 17.5 Å². The molecule has 1 aromatic rings. The second-order valence-corrected chi connectivity index (χ2v) is 2.79. The number of carbonyl (C=O) groups is 1. The van der Waals surface area contributed by atoms with Crippen molar-refractivity contribution < 1.29 is 9.53 Å². The van der Waals surface area contributed by atoms with E-state index in [4.69, 9.17) is 4.74 Å². The quantitative estimate of drug-likeness (QED) is 0.622. The van der Waals surface area contributed by atoms with E-state index in [1.54, 1.807) is 0 Å². The summed E-state index contributed by atoms with van der Waals surface area (Å²) in [5.74, 6) is 0. The van der Waals surface area contributed by atoms with Crippen molar-refractivity contribution in [2.45, 2.75) is 6.10 Å². The molecule has 0 aliphatic heterocycles. The first-order valence-electron chi connectivity index (χ1n) is 2.90. The third-order valence-electron chi connectivity index (χ3n) is 1.20. The van der Waals surface area contributed by atoms with Gasteiger partial charge in [-0.3, -0.25) is 0 Å². The first kappa shape index (κ1) is 7.44. The Bertz CT molecular complexity index is 193. The maximum atomic E-state index is 10.3. The van der Waals surface area contributed by atoms with Crippen molar-refractivity contribution in [3.05, 3.63) is 22.4 Å². The van der Waals surface area contributed by atoms with Crippen molar-refractivity contribution in [1.82, 2.24) is 0 Å². The van der Waals surface area contributed by atoms with Gasteiger partial charge in [0.15, 0.2) is 6.29 Å². The molecule has 0 spiro atoms. The van der Waals surface area contributed by atoms with Gasteiger partial charge in [-0.05, 0) is 11.4 Å². The summed E-state index contributed by atoms with van der Waals surface area (Å²) in [6.07, 6.45) is 0.422. The van der Waals surface area contributed by atoms with Crippen molar-refractivity contribution >= 4 is 17.6 Å². The molecular formula is C7H8O2S. The lowest BCUT2D eigenvalue weighted by atomic mass is 10.3. The largest absolute Gasteiger partial charge is 0.368 e. The van der Waals surface area contributed by atoms with Crippen LogP contribution in [-0.2, 0) is 9.53 Å². The Hall–Kier alpha value is -0.670. The van der Waals surface area contributed by atoms with Crippen LogP contribution in [0, 0.1) is 0 Å². The van der Waals surface area contributed by atoms with Crippen molar-refractivity contribution in [2.24, 2.45) is 0 Å². The van der Waals surface area contributed by atoms with Crippen LogP contribution in [-0.4, -0.2) is 13.4 Å². The lowest BCUT2D eigenvalue weighted by molar-refractivity contribution is -0.116. The van der Waals surface area contributed by atoms with Gasteiger partial charge in [0, 0.05) is 12.0 Å². The van der Waals surface area contributed by atoms with Crippen molar-refractivity contribution in [1.29, 1.82) is 0 Å². The van der Waals surface area contributed by atoms with Crippen LogP contribution in [0.25, 0.3) is 0 Å². The van der Waals surface area contributed by atoms with Crippen LogP contribution in [0.4, 0.5) is 0 Å². The average Bonchev–Trinajstić information content (AvgIpc) is 2.43. The fourth-order valence-corrected chi connectivity index (χ4v) is 1.45. The van der Waals surface area contributed by atoms with Crippen molar-refractivity contribution in [3.8, 4) is 0 Å². The first-order chi connectivity index (χ1) is 4.88. The molecule has 0 bridgehead atoms. The molecule has 10 heavy (non-hydrogen) atoms. The molecule has 2 nitrogen and oxygen atoms in total. The van der Waals surface area contributed by atoms with Crippen LogP contribution in [0.5, 0.6) is 0 Å². The average molecular weight is 156 g/mol. The lowest BCUT2D eigenvalue weighted by Gasteiger charge is -2.02. The maximum Gasteiger partial charge on any atom is 0.154 e. The van der Waals surface area contributed by atoms with Gasteiger partial charge >= 0.3 is 0 Å². The Kier molecular flexibility index (Phi) is 2.59. The number of hydrogen-bond donors (Lipinski definition) is 0. The summed E-state index contributed by atoms with van der Waals surface area (Å²) in [7, 11) is 1.53. The zero-order valence-corrected chi connectivity index (χ0v) is 6.43. The highest BCUT2D eigenvalue weighted by atomic mass is 32.1. The molecule has 1 unspecified atom stereocenters. The zero-order valence-electron chi connectivity index (χ0n) is 5.61. The molecule has 1 atom stereocenters. The number of rotatable bonds is 3. The Morgan fingerprint density at radius 2 is 2.60 bits per heavy atom. The van der Waals surface area contributed by atoms with Crippen molar-refractivity contribution in [3.63, 3.8) is 0 Å². The number of thiophene rings is 1. The van der Waals surface area contributed by atoms with Gasteiger partial charge in [-0.25, -0.2) is 0 Å². The molecule has 0 radical (unpaired) electrons. The van der Waals surface area contributed by atoms with Crippen LogP contribution in [0.2, 0.25) is 0 Å². The minimum Gasteiger partial charge on any atom is -0.368 e. The molecule has 3 heteroatoms. The second kappa shape index (κ2) is 3.49. The summed E-state index contributed by atoms with van der Waals surface area (Å²) >= 11 is 1.52. The van der Waals surface area contributed by atoms with Gasteiger partial charge < -0.3 is 9.53 Å². The highest BCUT2D eigenvalue weighted by molar-refractivity contribution is 7.10. The fraction of sp³-hybridized carbons (Fsp3) is 0.286. The van der Waals surface area contributed by atoms with Gasteiger partial charge in [0.05, 0.1) is 0 Å². The third kappa shape index (κ3) is 1.43. The van der Waals surface area contributed by atoms with Gasteiger partial charge in [0.2, 0.25) is 0 Å². The number of ether oxygens (including phenoxy) is 1. The van der Waals surface area contributed by atoms with E-state index in [0.717, 1.165) is 11.2 Å². The van der Waals surface area contributed by atoms with E-state index in [0.29, 0.717) is 0 Å². The molecule has 0 aliphatic rings. The summed E-state index contributed by atoms with van der Waals surface area (Å²) in [5.41, 5.74) is 0. The summed E-state index contributed by atoms with van der Waals surface area (Å²) < 4.78 is 4.89. The van der Waals surface area contributed by atoms with E-state index in [1.165, 1.54) is 18.4 Å². The minimum absolute atomic E-state index is 0.375. The number of hydrogen-bond acceptors (Lipinski definition) is 3. The van der Waals surface area contributed by atoms with E-state index in [9.17, 15) is 4.79 Å². The van der Waals surface area contributed by atoms with Gasteiger partial charge in [-0.2, -0.15) is 0 Å². The molecule has 0 aromatic carbocycles. The number of aldehydes is 1. The molecule has 0 fully saturated rings. The molecule has 0 saturated carbocycles. The predicted octanol–water partition coefficient (Wildman–Crippen LogP) is 1.63. The Labute approximate surface area is 63.4 Å². The number of carbonyl (C=O) groups excluding carboxylic acids is 1.